The smallest absolute Gasteiger partial charge is 0.230 e. The van der Waals surface area contributed by atoms with Crippen molar-refractivity contribution in [2.75, 3.05) is 18.0 Å². The van der Waals surface area contributed by atoms with E-state index in [4.69, 9.17) is 9.40 Å². The van der Waals surface area contributed by atoms with Crippen molar-refractivity contribution >= 4 is 28.0 Å². The third-order valence-electron chi connectivity index (χ3n) is 4.54. The van der Waals surface area contributed by atoms with Crippen molar-refractivity contribution in [2.45, 2.75) is 20.8 Å². The molecule has 0 radical (unpaired) electrons. The van der Waals surface area contributed by atoms with Crippen molar-refractivity contribution in [3.05, 3.63) is 48.3 Å². The van der Waals surface area contributed by atoms with Gasteiger partial charge in [0.2, 0.25) is 5.71 Å². The van der Waals surface area contributed by atoms with E-state index in [1.807, 2.05) is 18.2 Å². The van der Waals surface area contributed by atoms with Crippen LogP contribution in [-0.2, 0) is 0 Å². The molecule has 126 valence electrons. The molecule has 0 atom stereocenters. The average molecular weight is 332 g/mol. The lowest BCUT2D eigenvalue weighted by Crippen LogP contribution is -2.23. The molecule has 0 aliphatic carbocycles. The standard InChI is InChI=1S/C20H20N4O/c1-4-24(5-2)19-18-17(21-12-22-19)16-13(3)11-15(23-20(16)25-18)14-9-7-6-8-10-14/h6-12H,4-5H2,1-3H3. The van der Waals surface area contributed by atoms with Crippen LogP contribution in [0.15, 0.2) is 47.1 Å². The SMILES string of the molecule is CCN(CC)c1ncnc2c1oc1nc(-c3ccccc3)cc(C)c12. The Kier molecular flexibility index (Phi) is 3.84. The summed E-state index contributed by atoms with van der Waals surface area (Å²) in [6.07, 6.45) is 1.61. The summed E-state index contributed by atoms with van der Waals surface area (Å²) in [7, 11) is 0. The largest absolute Gasteiger partial charge is 0.432 e. The van der Waals surface area contributed by atoms with Gasteiger partial charge < -0.3 is 9.32 Å². The minimum Gasteiger partial charge on any atom is -0.432 e. The first kappa shape index (κ1) is 15.6. The Morgan fingerprint density at radius 2 is 1.80 bits per heavy atom. The summed E-state index contributed by atoms with van der Waals surface area (Å²) in [4.78, 5) is 15.8. The molecule has 0 unspecified atom stereocenters. The Labute approximate surface area is 146 Å². The summed E-state index contributed by atoms with van der Waals surface area (Å²) < 4.78 is 6.13. The van der Waals surface area contributed by atoms with Gasteiger partial charge in [-0.15, -0.1) is 0 Å². The zero-order valence-electron chi connectivity index (χ0n) is 14.7. The molecule has 1 aromatic carbocycles. The molecule has 3 heterocycles. The molecule has 4 aromatic rings. The van der Waals surface area contributed by atoms with Crippen LogP contribution in [0.25, 0.3) is 33.5 Å². The first-order chi connectivity index (χ1) is 12.2. The summed E-state index contributed by atoms with van der Waals surface area (Å²) in [5, 5.41) is 0.963. The van der Waals surface area contributed by atoms with Gasteiger partial charge in [-0.1, -0.05) is 30.3 Å². The van der Waals surface area contributed by atoms with Crippen LogP contribution in [0.4, 0.5) is 5.82 Å². The molecule has 4 rings (SSSR count). The lowest BCUT2D eigenvalue weighted by Gasteiger charge is -2.18. The highest BCUT2D eigenvalue weighted by Gasteiger charge is 2.19. The second-order valence-electron chi connectivity index (χ2n) is 6.02. The number of hydrogen-bond donors (Lipinski definition) is 0. The Hall–Kier alpha value is -2.95. The molecule has 0 bridgehead atoms. The van der Waals surface area contributed by atoms with Crippen LogP contribution >= 0.6 is 0 Å². The van der Waals surface area contributed by atoms with Crippen molar-refractivity contribution in [3.63, 3.8) is 0 Å². The average Bonchev–Trinajstić information content (AvgIpc) is 3.03. The molecule has 5 nitrogen and oxygen atoms in total. The van der Waals surface area contributed by atoms with E-state index < -0.39 is 0 Å². The fourth-order valence-electron chi connectivity index (χ4n) is 3.24. The van der Waals surface area contributed by atoms with E-state index in [1.165, 1.54) is 0 Å². The van der Waals surface area contributed by atoms with E-state index in [9.17, 15) is 0 Å². The third-order valence-corrected chi connectivity index (χ3v) is 4.54. The van der Waals surface area contributed by atoms with Crippen LogP contribution in [0.2, 0.25) is 0 Å². The monoisotopic (exact) mass is 332 g/mol. The maximum atomic E-state index is 6.13. The van der Waals surface area contributed by atoms with E-state index in [1.54, 1.807) is 6.33 Å². The summed E-state index contributed by atoms with van der Waals surface area (Å²) in [5.41, 5.74) is 5.23. The third kappa shape index (κ3) is 2.52. The summed E-state index contributed by atoms with van der Waals surface area (Å²) in [6, 6.07) is 12.2. The molecular formula is C20H20N4O. The van der Waals surface area contributed by atoms with Gasteiger partial charge in [-0.3, -0.25) is 0 Å². The van der Waals surface area contributed by atoms with Crippen LogP contribution in [0.5, 0.6) is 0 Å². The number of furan rings is 1. The quantitative estimate of drug-likeness (QED) is 0.547. The zero-order valence-corrected chi connectivity index (χ0v) is 14.7. The van der Waals surface area contributed by atoms with Crippen molar-refractivity contribution in [1.82, 2.24) is 15.0 Å². The van der Waals surface area contributed by atoms with E-state index >= 15 is 0 Å². The fraction of sp³-hybridized carbons (Fsp3) is 0.250. The van der Waals surface area contributed by atoms with Crippen LogP contribution in [-0.4, -0.2) is 28.0 Å². The van der Waals surface area contributed by atoms with E-state index in [0.717, 1.165) is 46.6 Å². The number of anilines is 1. The fourth-order valence-corrected chi connectivity index (χ4v) is 3.24. The van der Waals surface area contributed by atoms with Crippen LogP contribution in [0.3, 0.4) is 0 Å². The number of benzene rings is 1. The lowest BCUT2D eigenvalue weighted by molar-refractivity contribution is 0.647. The van der Waals surface area contributed by atoms with Crippen molar-refractivity contribution in [2.24, 2.45) is 0 Å². The molecule has 0 amide bonds. The van der Waals surface area contributed by atoms with Gasteiger partial charge in [0.25, 0.3) is 0 Å². The lowest BCUT2D eigenvalue weighted by atomic mass is 10.1. The first-order valence-electron chi connectivity index (χ1n) is 8.58. The summed E-state index contributed by atoms with van der Waals surface area (Å²) in [5.74, 6) is 0.827. The molecule has 3 aromatic heterocycles. The highest BCUT2D eigenvalue weighted by Crippen LogP contribution is 2.34. The van der Waals surface area contributed by atoms with E-state index in [2.05, 4.69) is 53.8 Å². The van der Waals surface area contributed by atoms with Crippen LogP contribution < -0.4 is 4.90 Å². The molecule has 0 saturated carbocycles. The van der Waals surface area contributed by atoms with Crippen molar-refractivity contribution in [3.8, 4) is 11.3 Å². The minimum absolute atomic E-state index is 0.614. The topological polar surface area (TPSA) is 55.1 Å². The second kappa shape index (κ2) is 6.16. The predicted octanol–water partition coefficient (Wildman–Crippen LogP) is 4.59. The van der Waals surface area contributed by atoms with Gasteiger partial charge >= 0.3 is 0 Å². The molecular weight excluding hydrogens is 312 g/mol. The molecule has 0 N–H and O–H groups in total. The maximum Gasteiger partial charge on any atom is 0.230 e. The number of aryl methyl sites for hydroxylation is 1. The summed E-state index contributed by atoms with van der Waals surface area (Å²) >= 11 is 0. The van der Waals surface area contributed by atoms with Crippen molar-refractivity contribution in [1.29, 1.82) is 0 Å². The van der Waals surface area contributed by atoms with Gasteiger partial charge in [0.15, 0.2) is 11.4 Å². The highest BCUT2D eigenvalue weighted by molar-refractivity contribution is 6.06. The Bertz CT molecular complexity index is 1040. The van der Waals surface area contributed by atoms with Crippen LogP contribution in [0, 0.1) is 6.92 Å². The van der Waals surface area contributed by atoms with Gasteiger partial charge in [-0.05, 0) is 32.4 Å². The van der Waals surface area contributed by atoms with Gasteiger partial charge in [0.05, 0.1) is 11.1 Å². The number of hydrogen-bond acceptors (Lipinski definition) is 5. The predicted molar refractivity (Wildman–Crippen MR) is 101 cm³/mol. The highest BCUT2D eigenvalue weighted by atomic mass is 16.3. The molecule has 0 saturated heterocycles. The Balaban J connectivity index is 1.99. The van der Waals surface area contributed by atoms with Gasteiger partial charge in [-0.25, -0.2) is 15.0 Å². The Morgan fingerprint density at radius 1 is 1.04 bits per heavy atom. The zero-order chi connectivity index (χ0) is 17.4. The maximum absolute atomic E-state index is 6.13. The van der Waals surface area contributed by atoms with Gasteiger partial charge in [-0.2, -0.15) is 0 Å². The first-order valence-corrected chi connectivity index (χ1v) is 8.58. The molecule has 5 heteroatoms. The number of pyridine rings is 1. The number of rotatable bonds is 4. The van der Waals surface area contributed by atoms with Crippen LogP contribution in [0.1, 0.15) is 19.4 Å². The molecule has 0 aliphatic rings. The van der Waals surface area contributed by atoms with Crippen molar-refractivity contribution < 1.29 is 4.42 Å². The van der Waals surface area contributed by atoms with E-state index in [0.29, 0.717) is 11.3 Å². The number of nitrogens with zero attached hydrogens (tertiary/aromatic N) is 4. The summed E-state index contributed by atoms with van der Waals surface area (Å²) in [6.45, 7) is 8.02. The number of fused-ring (bicyclic) bond motifs is 3. The molecule has 0 fully saturated rings. The van der Waals surface area contributed by atoms with E-state index in [-0.39, 0.29) is 0 Å². The van der Waals surface area contributed by atoms with Gasteiger partial charge in [0.1, 0.15) is 11.8 Å². The normalized spacial score (nSPS) is 11.3. The molecule has 25 heavy (non-hydrogen) atoms. The second-order valence-corrected chi connectivity index (χ2v) is 6.02. The number of aromatic nitrogens is 3. The minimum atomic E-state index is 0.614. The Morgan fingerprint density at radius 3 is 2.52 bits per heavy atom. The molecule has 0 aliphatic heterocycles. The van der Waals surface area contributed by atoms with Gasteiger partial charge in [0, 0.05) is 18.7 Å². The molecule has 0 spiro atoms.